The number of hydrogen-bond acceptors (Lipinski definition) is 4. The van der Waals surface area contributed by atoms with Crippen LogP contribution < -0.4 is 10.6 Å². The fourth-order valence-electron chi connectivity index (χ4n) is 2.05. The van der Waals surface area contributed by atoms with Gasteiger partial charge < -0.3 is 15.7 Å². The zero-order valence-electron chi connectivity index (χ0n) is 11.4. The molecule has 3 amide bonds. The Kier molecular flexibility index (Phi) is 4.36. The summed E-state index contributed by atoms with van der Waals surface area (Å²) >= 11 is 0. The molecule has 0 saturated carbocycles. The molecule has 0 aliphatic carbocycles. The molecule has 0 radical (unpaired) electrons. The van der Waals surface area contributed by atoms with Gasteiger partial charge in [0.2, 0.25) is 5.91 Å². The fraction of sp³-hybridized carbons (Fsp3) is 0.385. The molecule has 112 valence electrons. The van der Waals surface area contributed by atoms with Crippen molar-refractivity contribution >= 4 is 17.9 Å². The minimum absolute atomic E-state index is 0.0977. The molecule has 3 N–H and O–H groups in total. The number of urea groups is 1. The van der Waals surface area contributed by atoms with E-state index in [-0.39, 0.29) is 19.0 Å². The van der Waals surface area contributed by atoms with Gasteiger partial charge in [0.15, 0.2) is 0 Å². The quantitative estimate of drug-likeness (QED) is 0.710. The Hall–Kier alpha value is -2.64. The molecule has 1 aliphatic rings. The van der Waals surface area contributed by atoms with Crippen LogP contribution in [0.3, 0.4) is 0 Å². The highest BCUT2D eigenvalue weighted by atomic mass is 16.4. The van der Waals surface area contributed by atoms with Gasteiger partial charge in [0.05, 0.1) is 11.7 Å². The average Bonchev–Trinajstić information content (AvgIpc) is 2.47. The lowest BCUT2D eigenvalue weighted by Gasteiger charge is -2.33. The number of pyridine rings is 1. The maximum Gasteiger partial charge on any atom is 0.328 e. The van der Waals surface area contributed by atoms with Crippen LogP contribution in [0.5, 0.6) is 0 Å². The first-order valence-electron chi connectivity index (χ1n) is 6.46. The molecule has 2 heterocycles. The van der Waals surface area contributed by atoms with Crippen LogP contribution in [0.4, 0.5) is 4.79 Å². The van der Waals surface area contributed by atoms with Crippen LogP contribution in [-0.4, -0.2) is 52.0 Å². The monoisotopic (exact) mass is 292 g/mol. The molecule has 0 aromatic carbocycles. The van der Waals surface area contributed by atoms with Crippen LogP contribution in [0.2, 0.25) is 0 Å². The van der Waals surface area contributed by atoms with Crippen molar-refractivity contribution in [2.45, 2.75) is 19.0 Å². The Morgan fingerprint density at radius 1 is 1.52 bits per heavy atom. The van der Waals surface area contributed by atoms with Crippen LogP contribution in [0.25, 0.3) is 0 Å². The summed E-state index contributed by atoms with van der Waals surface area (Å²) in [6, 6.07) is 3.24. The molecule has 8 nitrogen and oxygen atoms in total. The second kappa shape index (κ2) is 6.21. The third-order valence-corrected chi connectivity index (χ3v) is 3.20. The predicted octanol–water partition coefficient (Wildman–Crippen LogP) is -0.263. The number of piperazine rings is 1. The van der Waals surface area contributed by atoms with E-state index in [2.05, 4.69) is 15.6 Å². The molecule has 1 fully saturated rings. The molecule has 2 unspecified atom stereocenters. The van der Waals surface area contributed by atoms with Crippen LogP contribution in [0.15, 0.2) is 24.4 Å². The Bertz CT molecular complexity index is 548. The highest BCUT2D eigenvalue weighted by Gasteiger charge is 2.35. The maximum atomic E-state index is 12.2. The Morgan fingerprint density at radius 2 is 2.29 bits per heavy atom. The van der Waals surface area contributed by atoms with Crippen LogP contribution in [0, 0.1) is 0 Å². The van der Waals surface area contributed by atoms with Crippen molar-refractivity contribution in [3.05, 3.63) is 30.1 Å². The maximum absolute atomic E-state index is 12.2. The molecular weight excluding hydrogens is 276 g/mol. The molecule has 1 saturated heterocycles. The first-order valence-corrected chi connectivity index (χ1v) is 6.46. The lowest BCUT2D eigenvalue weighted by atomic mass is 10.2. The molecule has 1 aliphatic heterocycles. The Labute approximate surface area is 121 Å². The van der Waals surface area contributed by atoms with E-state index in [1.54, 1.807) is 31.3 Å². The zero-order chi connectivity index (χ0) is 15.4. The van der Waals surface area contributed by atoms with E-state index in [9.17, 15) is 14.4 Å². The van der Waals surface area contributed by atoms with E-state index < -0.39 is 24.1 Å². The van der Waals surface area contributed by atoms with Gasteiger partial charge in [0.25, 0.3) is 0 Å². The van der Waals surface area contributed by atoms with E-state index in [4.69, 9.17) is 5.11 Å². The van der Waals surface area contributed by atoms with Crippen molar-refractivity contribution in [2.75, 3.05) is 13.1 Å². The van der Waals surface area contributed by atoms with E-state index in [1.165, 1.54) is 0 Å². The normalized spacial score (nSPS) is 19.6. The van der Waals surface area contributed by atoms with E-state index in [0.29, 0.717) is 5.69 Å². The van der Waals surface area contributed by atoms with Gasteiger partial charge in [0.1, 0.15) is 12.6 Å². The smallest absolute Gasteiger partial charge is 0.328 e. The van der Waals surface area contributed by atoms with Crippen molar-refractivity contribution in [1.29, 1.82) is 0 Å². The second-order valence-electron chi connectivity index (χ2n) is 4.71. The second-order valence-corrected chi connectivity index (χ2v) is 4.71. The van der Waals surface area contributed by atoms with Crippen molar-refractivity contribution in [2.24, 2.45) is 0 Å². The number of nitrogens with one attached hydrogen (secondary N) is 2. The standard InChI is InChI=1S/C13H16N4O4/c1-8(9-4-2-3-5-14-9)16-13(21)17-7-11(18)15-6-10(17)12(19)20/h2-5,8,10H,6-7H2,1H3,(H,15,18)(H,16,21)(H,19,20). The molecular formula is C13H16N4O4. The molecule has 0 bridgehead atoms. The van der Waals surface area contributed by atoms with E-state index in [1.807, 2.05) is 0 Å². The third kappa shape index (κ3) is 3.47. The van der Waals surface area contributed by atoms with Crippen LogP contribution >= 0.6 is 0 Å². The number of carboxylic acids is 1. The summed E-state index contributed by atoms with van der Waals surface area (Å²) in [7, 11) is 0. The molecule has 1 aromatic rings. The number of aromatic nitrogens is 1. The number of hydrogen-bond donors (Lipinski definition) is 3. The number of amides is 3. The zero-order valence-corrected chi connectivity index (χ0v) is 11.4. The molecule has 1 aromatic heterocycles. The lowest BCUT2D eigenvalue weighted by Crippen LogP contribution is -2.61. The summed E-state index contributed by atoms with van der Waals surface area (Å²) < 4.78 is 0. The summed E-state index contributed by atoms with van der Waals surface area (Å²) in [6.07, 6.45) is 1.60. The topological polar surface area (TPSA) is 112 Å². The third-order valence-electron chi connectivity index (χ3n) is 3.20. The molecule has 8 heteroatoms. The van der Waals surface area contributed by atoms with E-state index in [0.717, 1.165) is 4.90 Å². The van der Waals surface area contributed by atoms with Gasteiger partial charge in [-0.3, -0.25) is 14.7 Å². The number of carbonyl (C=O) groups excluding carboxylic acids is 2. The fourth-order valence-corrected chi connectivity index (χ4v) is 2.05. The van der Waals surface area contributed by atoms with Gasteiger partial charge in [-0.15, -0.1) is 0 Å². The molecule has 21 heavy (non-hydrogen) atoms. The van der Waals surface area contributed by atoms with Gasteiger partial charge >= 0.3 is 12.0 Å². The number of nitrogens with zero attached hydrogens (tertiary/aromatic N) is 2. The molecule has 0 spiro atoms. The number of aliphatic carboxylic acids is 1. The first-order chi connectivity index (χ1) is 9.99. The number of carboxylic acid groups (broad SMARTS) is 1. The summed E-state index contributed by atoms with van der Waals surface area (Å²) in [5, 5.41) is 14.2. The molecule has 2 atom stereocenters. The van der Waals surface area contributed by atoms with Crippen LogP contribution in [0.1, 0.15) is 18.7 Å². The summed E-state index contributed by atoms with van der Waals surface area (Å²) in [4.78, 5) is 39.8. The Morgan fingerprint density at radius 3 is 2.90 bits per heavy atom. The van der Waals surface area contributed by atoms with Crippen molar-refractivity contribution in [1.82, 2.24) is 20.5 Å². The highest BCUT2D eigenvalue weighted by molar-refractivity contribution is 5.90. The molecule has 2 rings (SSSR count). The van der Waals surface area contributed by atoms with Crippen LogP contribution in [-0.2, 0) is 9.59 Å². The number of rotatable bonds is 3. The number of carbonyl (C=O) groups is 3. The summed E-state index contributed by atoms with van der Waals surface area (Å²) in [5.41, 5.74) is 0.652. The SMILES string of the molecule is CC(NC(=O)N1CC(=O)NCC1C(=O)O)c1ccccn1. The average molecular weight is 292 g/mol. The van der Waals surface area contributed by atoms with Gasteiger partial charge in [0, 0.05) is 12.7 Å². The van der Waals surface area contributed by atoms with Gasteiger partial charge in [-0.1, -0.05) is 6.07 Å². The largest absolute Gasteiger partial charge is 0.480 e. The first kappa shape index (κ1) is 14.8. The predicted molar refractivity (Wildman–Crippen MR) is 72.3 cm³/mol. The van der Waals surface area contributed by atoms with Gasteiger partial charge in [-0.2, -0.15) is 0 Å². The minimum Gasteiger partial charge on any atom is -0.480 e. The van der Waals surface area contributed by atoms with E-state index >= 15 is 0 Å². The van der Waals surface area contributed by atoms with Crippen molar-refractivity contribution in [3.63, 3.8) is 0 Å². The Balaban J connectivity index is 2.07. The lowest BCUT2D eigenvalue weighted by molar-refractivity contribution is -0.144. The minimum atomic E-state index is -1.16. The van der Waals surface area contributed by atoms with Crippen molar-refractivity contribution < 1.29 is 19.5 Å². The summed E-state index contributed by atoms with van der Waals surface area (Å²) in [6.45, 7) is 1.36. The summed E-state index contributed by atoms with van der Waals surface area (Å²) in [5.74, 6) is -1.54. The van der Waals surface area contributed by atoms with Crippen molar-refractivity contribution in [3.8, 4) is 0 Å². The van der Waals surface area contributed by atoms with Gasteiger partial charge in [-0.05, 0) is 19.1 Å². The van der Waals surface area contributed by atoms with Gasteiger partial charge in [-0.25, -0.2) is 9.59 Å². The highest BCUT2D eigenvalue weighted by Crippen LogP contribution is 2.11.